The van der Waals surface area contributed by atoms with Crippen molar-refractivity contribution in [3.05, 3.63) is 69.0 Å². The zero-order valence-corrected chi connectivity index (χ0v) is 16.2. The van der Waals surface area contributed by atoms with E-state index in [1.165, 1.54) is 6.07 Å². The van der Waals surface area contributed by atoms with E-state index in [0.29, 0.717) is 35.0 Å². The fraction of sp³-hybridized carbons (Fsp3) is 0.238. The minimum absolute atomic E-state index is 0.118. The van der Waals surface area contributed by atoms with Crippen LogP contribution >= 0.6 is 11.6 Å². The van der Waals surface area contributed by atoms with Crippen LogP contribution in [0.5, 0.6) is 5.75 Å². The Bertz CT molecular complexity index is 1100. The van der Waals surface area contributed by atoms with Crippen molar-refractivity contribution in [1.29, 1.82) is 0 Å². The average molecular weight is 400 g/mol. The summed E-state index contributed by atoms with van der Waals surface area (Å²) in [6.45, 7) is 4.30. The maximum Gasteiger partial charge on any atom is 0.351 e. The predicted octanol–water partition coefficient (Wildman–Crippen LogP) is 4.37. The van der Waals surface area contributed by atoms with Crippen molar-refractivity contribution in [2.75, 3.05) is 11.6 Å². The zero-order chi connectivity index (χ0) is 19.8. The van der Waals surface area contributed by atoms with Crippen LogP contribution in [0.3, 0.4) is 0 Å². The van der Waals surface area contributed by atoms with Crippen molar-refractivity contribution in [1.82, 2.24) is 0 Å². The maximum absolute atomic E-state index is 12.4. The van der Waals surface area contributed by atoms with Gasteiger partial charge in [0.25, 0.3) is 0 Å². The third-order valence-electron chi connectivity index (χ3n) is 4.44. The number of benzene rings is 2. The van der Waals surface area contributed by atoms with E-state index in [1.807, 2.05) is 35.2 Å². The molecular weight excluding hydrogens is 382 g/mol. The topological polar surface area (TPSA) is 69.0 Å². The molecule has 1 aromatic heterocycles. The standard InChI is InChI=1S/C21H18ClNO5/c1-12(2)27-20(24)16-9-13-3-8-18-17(19(13)28-21(16)25)10-23(11-26-18)15-6-4-14(22)5-7-15/h3-9,12H,10-11H2,1-2H3. The summed E-state index contributed by atoms with van der Waals surface area (Å²) in [5.74, 6) is -0.0409. The number of carbonyl (C=O) groups excluding carboxylic acids is 1. The van der Waals surface area contributed by atoms with E-state index < -0.39 is 11.6 Å². The highest BCUT2D eigenvalue weighted by Crippen LogP contribution is 2.34. The second kappa shape index (κ2) is 7.20. The molecule has 0 amide bonds. The predicted molar refractivity (Wildman–Crippen MR) is 106 cm³/mol. The van der Waals surface area contributed by atoms with Gasteiger partial charge in [0.05, 0.1) is 18.2 Å². The molecule has 0 saturated carbocycles. The van der Waals surface area contributed by atoms with Gasteiger partial charge in [-0.2, -0.15) is 0 Å². The lowest BCUT2D eigenvalue weighted by atomic mass is 10.1. The van der Waals surface area contributed by atoms with E-state index in [1.54, 1.807) is 19.9 Å². The highest BCUT2D eigenvalue weighted by Gasteiger charge is 2.24. The Kier molecular flexibility index (Phi) is 4.73. The van der Waals surface area contributed by atoms with Gasteiger partial charge >= 0.3 is 11.6 Å². The second-order valence-electron chi connectivity index (χ2n) is 6.81. The third-order valence-corrected chi connectivity index (χ3v) is 4.69. The number of nitrogens with zero attached hydrogens (tertiary/aromatic N) is 1. The maximum atomic E-state index is 12.4. The van der Waals surface area contributed by atoms with Gasteiger partial charge < -0.3 is 18.8 Å². The van der Waals surface area contributed by atoms with Crippen molar-refractivity contribution < 1.29 is 18.7 Å². The molecule has 28 heavy (non-hydrogen) atoms. The van der Waals surface area contributed by atoms with Crippen molar-refractivity contribution in [3.8, 4) is 5.75 Å². The number of carbonyl (C=O) groups is 1. The van der Waals surface area contributed by atoms with Gasteiger partial charge in [0.1, 0.15) is 16.9 Å². The summed E-state index contributed by atoms with van der Waals surface area (Å²) >= 11 is 5.96. The number of ether oxygens (including phenoxy) is 2. The number of hydrogen-bond acceptors (Lipinski definition) is 6. The molecule has 0 N–H and O–H groups in total. The Labute approximate surface area is 166 Å². The van der Waals surface area contributed by atoms with Crippen LogP contribution in [0.4, 0.5) is 5.69 Å². The molecule has 4 rings (SSSR count). The van der Waals surface area contributed by atoms with E-state index in [2.05, 4.69) is 0 Å². The molecule has 0 aliphatic carbocycles. The Morgan fingerprint density at radius 3 is 2.64 bits per heavy atom. The Balaban J connectivity index is 1.74. The largest absolute Gasteiger partial charge is 0.473 e. The zero-order valence-electron chi connectivity index (χ0n) is 15.4. The molecule has 2 heterocycles. The lowest BCUT2D eigenvalue weighted by molar-refractivity contribution is 0.0373. The molecule has 0 radical (unpaired) electrons. The fourth-order valence-electron chi connectivity index (χ4n) is 3.13. The smallest absolute Gasteiger partial charge is 0.351 e. The summed E-state index contributed by atoms with van der Waals surface area (Å²) in [6, 6.07) is 12.5. The van der Waals surface area contributed by atoms with Crippen LogP contribution in [-0.2, 0) is 11.3 Å². The Morgan fingerprint density at radius 2 is 1.93 bits per heavy atom. The van der Waals surface area contributed by atoms with Crippen LogP contribution in [-0.4, -0.2) is 18.8 Å². The summed E-state index contributed by atoms with van der Waals surface area (Å²) in [4.78, 5) is 26.5. The molecule has 2 aromatic carbocycles. The van der Waals surface area contributed by atoms with Crippen LogP contribution in [0, 0.1) is 0 Å². The first-order valence-corrected chi connectivity index (χ1v) is 9.24. The summed E-state index contributed by atoms with van der Waals surface area (Å²) in [5.41, 5.74) is 1.25. The SMILES string of the molecule is CC(C)OC(=O)c1cc2ccc3c(c2oc1=O)CN(c1ccc(Cl)cc1)CO3. The normalized spacial score (nSPS) is 13.4. The van der Waals surface area contributed by atoms with Gasteiger partial charge in [0.15, 0.2) is 6.73 Å². The van der Waals surface area contributed by atoms with Crippen LogP contribution in [0.2, 0.25) is 5.02 Å². The van der Waals surface area contributed by atoms with E-state index in [4.69, 9.17) is 25.5 Å². The van der Waals surface area contributed by atoms with Gasteiger partial charge in [0.2, 0.25) is 0 Å². The van der Waals surface area contributed by atoms with E-state index in [0.717, 1.165) is 11.3 Å². The first kappa shape index (κ1) is 18.4. The molecule has 7 heteroatoms. The van der Waals surface area contributed by atoms with E-state index >= 15 is 0 Å². The molecular formula is C21H18ClNO5. The lowest BCUT2D eigenvalue weighted by Gasteiger charge is -2.31. The number of fused-ring (bicyclic) bond motifs is 3. The van der Waals surface area contributed by atoms with Crippen LogP contribution in [0.25, 0.3) is 11.0 Å². The molecule has 0 unspecified atom stereocenters. The van der Waals surface area contributed by atoms with Crippen LogP contribution in [0.15, 0.2) is 51.7 Å². The minimum atomic E-state index is -0.727. The quantitative estimate of drug-likeness (QED) is 0.481. The minimum Gasteiger partial charge on any atom is -0.473 e. The molecule has 0 saturated heterocycles. The number of halogens is 1. The van der Waals surface area contributed by atoms with Gasteiger partial charge in [-0.1, -0.05) is 11.6 Å². The van der Waals surface area contributed by atoms with Crippen LogP contribution < -0.4 is 15.3 Å². The number of rotatable bonds is 3. The van der Waals surface area contributed by atoms with Gasteiger partial charge in [-0.3, -0.25) is 0 Å². The first-order chi connectivity index (χ1) is 13.4. The van der Waals surface area contributed by atoms with Gasteiger partial charge in [-0.15, -0.1) is 0 Å². The number of anilines is 1. The Hall–Kier alpha value is -2.99. The molecule has 1 aliphatic heterocycles. The summed E-state index contributed by atoms with van der Waals surface area (Å²) in [6.07, 6.45) is -0.326. The van der Waals surface area contributed by atoms with Gasteiger partial charge in [-0.05, 0) is 56.3 Å². The monoisotopic (exact) mass is 399 g/mol. The summed E-state index contributed by atoms with van der Waals surface area (Å²) in [7, 11) is 0. The van der Waals surface area contributed by atoms with Crippen molar-refractivity contribution >= 4 is 34.2 Å². The summed E-state index contributed by atoms with van der Waals surface area (Å²) < 4.78 is 16.5. The molecule has 0 spiro atoms. The first-order valence-electron chi connectivity index (χ1n) is 8.86. The summed E-state index contributed by atoms with van der Waals surface area (Å²) in [5, 5.41) is 1.29. The van der Waals surface area contributed by atoms with Gasteiger partial charge in [0, 0.05) is 16.1 Å². The molecule has 3 aromatic rings. The van der Waals surface area contributed by atoms with Crippen molar-refractivity contribution in [2.45, 2.75) is 26.5 Å². The number of hydrogen-bond donors (Lipinski definition) is 0. The molecule has 6 nitrogen and oxygen atoms in total. The lowest BCUT2D eigenvalue weighted by Crippen LogP contribution is -2.32. The van der Waals surface area contributed by atoms with Crippen molar-refractivity contribution in [3.63, 3.8) is 0 Å². The highest BCUT2D eigenvalue weighted by molar-refractivity contribution is 6.30. The molecule has 144 valence electrons. The highest BCUT2D eigenvalue weighted by atomic mass is 35.5. The van der Waals surface area contributed by atoms with Crippen LogP contribution in [0.1, 0.15) is 29.8 Å². The average Bonchev–Trinajstić information content (AvgIpc) is 2.67. The molecule has 0 fully saturated rings. The van der Waals surface area contributed by atoms with E-state index in [-0.39, 0.29) is 11.7 Å². The molecule has 0 bridgehead atoms. The molecule has 1 aliphatic rings. The molecule has 0 atom stereocenters. The second-order valence-corrected chi connectivity index (χ2v) is 7.25. The Morgan fingerprint density at radius 1 is 1.18 bits per heavy atom. The third kappa shape index (κ3) is 3.43. The van der Waals surface area contributed by atoms with E-state index in [9.17, 15) is 9.59 Å². The fourth-order valence-corrected chi connectivity index (χ4v) is 3.26. The van der Waals surface area contributed by atoms with Crippen molar-refractivity contribution in [2.24, 2.45) is 0 Å². The van der Waals surface area contributed by atoms with Gasteiger partial charge in [-0.25, -0.2) is 9.59 Å². The number of esters is 1.